The van der Waals surface area contributed by atoms with Gasteiger partial charge in [0.05, 0.1) is 22.8 Å². The highest BCUT2D eigenvalue weighted by Crippen LogP contribution is 2.36. The van der Waals surface area contributed by atoms with E-state index in [1.54, 1.807) is 16.7 Å². The van der Waals surface area contributed by atoms with Gasteiger partial charge in [0.1, 0.15) is 11.8 Å². The highest BCUT2D eigenvalue weighted by molar-refractivity contribution is 9.10. The van der Waals surface area contributed by atoms with Gasteiger partial charge in [-0.2, -0.15) is 4.98 Å². The fraction of sp³-hybridized carbons (Fsp3) is 0.0833. The molecule has 3 aromatic rings. The number of nitrogens with one attached hydrogen (secondary N) is 1. The van der Waals surface area contributed by atoms with Crippen LogP contribution >= 0.6 is 51.3 Å². The Morgan fingerprint density at radius 3 is 2.76 bits per heavy atom. The van der Waals surface area contributed by atoms with Crippen LogP contribution in [0.2, 0.25) is 10.0 Å². The van der Waals surface area contributed by atoms with E-state index in [9.17, 15) is 0 Å². The van der Waals surface area contributed by atoms with Gasteiger partial charge in [-0.05, 0) is 40.3 Å². The Balaban J connectivity index is 2.39. The van der Waals surface area contributed by atoms with Gasteiger partial charge in [0.15, 0.2) is 10.4 Å². The van der Waals surface area contributed by atoms with Gasteiger partial charge in [0.2, 0.25) is 5.88 Å². The van der Waals surface area contributed by atoms with E-state index in [2.05, 4.69) is 30.9 Å². The number of fused-ring (bicyclic) bond motifs is 1. The maximum absolute atomic E-state index is 6.32. The molecule has 0 atom stereocenters. The van der Waals surface area contributed by atoms with Crippen molar-refractivity contribution in [1.82, 2.24) is 19.5 Å². The smallest absolute Gasteiger partial charge is 0.242 e. The van der Waals surface area contributed by atoms with E-state index in [1.165, 1.54) is 13.4 Å². The maximum Gasteiger partial charge on any atom is 0.242 e. The summed E-state index contributed by atoms with van der Waals surface area (Å²) in [5.74, 6) is 0.407. The molecule has 0 aliphatic rings. The zero-order valence-electron chi connectivity index (χ0n) is 10.5. The first-order chi connectivity index (χ1) is 10.0. The summed E-state index contributed by atoms with van der Waals surface area (Å²) in [7, 11) is 1.53. The number of hydrogen-bond donors (Lipinski definition) is 1. The van der Waals surface area contributed by atoms with Crippen LogP contribution in [-0.2, 0) is 0 Å². The lowest BCUT2D eigenvalue weighted by molar-refractivity contribution is 0.401. The van der Waals surface area contributed by atoms with Crippen LogP contribution in [0.3, 0.4) is 0 Å². The van der Waals surface area contributed by atoms with Crippen LogP contribution in [0.1, 0.15) is 0 Å². The van der Waals surface area contributed by atoms with Gasteiger partial charge in [-0.25, -0.2) is 4.98 Å². The molecule has 108 valence electrons. The third-order valence-corrected chi connectivity index (χ3v) is 4.93. The Morgan fingerprint density at radius 2 is 2.05 bits per heavy atom. The standard InChI is InChI=1S/C12H7BrCl2N4OS/c1-20-11-9-10(16-4-17-11)19(12(21)18-9)6-3-2-5(13)7(14)8(6)15/h2-4H,1H3,(H,18,21). The molecule has 2 heterocycles. The summed E-state index contributed by atoms with van der Waals surface area (Å²) in [6, 6.07) is 3.60. The highest BCUT2D eigenvalue weighted by Gasteiger charge is 2.17. The van der Waals surface area contributed by atoms with E-state index in [1.807, 2.05) is 0 Å². The lowest BCUT2D eigenvalue weighted by Gasteiger charge is -2.09. The first-order valence-electron chi connectivity index (χ1n) is 5.68. The number of rotatable bonds is 2. The topological polar surface area (TPSA) is 55.7 Å². The number of H-pyrrole nitrogens is 1. The number of methoxy groups -OCH3 is 1. The molecule has 0 aliphatic carbocycles. The summed E-state index contributed by atoms with van der Waals surface area (Å²) < 4.78 is 8.01. The maximum atomic E-state index is 6.32. The fourth-order valence-corrected chi connectivity index (χ4v) is 3.11. The predicted molar refractivity (Wildman–Crippen MR) is 88.3 cm³/mol. The van der Waals surface area contributed by atoms with Crippen LogP contribution in [0, 0.1) is 4.77 Å². The molecule has 0 aliphatic heterocycles. The number of imidazole rings is 1. The summed E-state index contributed by atoms with van der Waals surface area (Å²) in [6.07, 6.45) is 1.40. The Hall–Kier alpha value is -1.15. The lowest BCUT2D eigenvalue weighted by Crippen LogP contribution is -1.98. The van der Waals surface area contributed by atoms with Crippen LogP contribution in [0.5, 0.6) is 5.88 Å². The summed E-state index contributed by atoms with van der Waals surface area (Å²) in [6.45, 7) is 0. The Bertz CT molecular complexity index is 908. The van der Waals surface area contributed by atoms with E-state index in [0.717, 1.165) is 0 Å². The molecule has 0 bridgehead atoms. The molecule has 0 unspecified atom stereocenters. The quantitative estimate of drug-likeness (QED) is 0.501. The van der Waals surface area contributed by atoms with Crippen molar-refractivity contribution in [3.05, 3.63) is 37.7 Å². The fourth-order valence-electron chi connectivity index (χ4n) is 1.97. The molecule has 5 nitrogen and oxygen atoms in total. The number of nitrogens with zero attached hydrogens (tertiary/aromatic N) is 3. The molecular formula is C12H7BrCl2N4OS. The van der Waals surface area contributed by atoms with Gasteiger partial charge in [0.25, 0.3) is 0 Å². The van der Waals surface area contributed by atoms with Gasteiger partial charge < -0.3 is 9.72 Å². The Morgan fingerprint density at radius 1 is 1.29 bits per heavy atom. The largest absolute Gasteiger partial charge is 0.479 e. The molecule has 0 saturated carbocycles. The number of benzene rings is 1. The third kappa shape index (κ3) is 2.34. The monoisotopic (exact) mass is 404 g/mol. The zero-order chi connectivity index (χ0) is 15.1. The molecule has 1 N–H and O–H groups in total. The first kappa shape index (κ1) is 14.8. The molecule has 21 heavy (non-hydrogen) atoms. The van der Waals surface area contributed by atoms with Gasteiger partial charge in [0, 0.05) is 4.47 Å². The van der Waals surface area contributed by atoms with Crippen LogP contribution < -0.4 is 4.74 Å². The van der Waals surface area contributed by atoms with Gasteiger partial charge >= 0.3 is 0 Å². The van der Waals surface area contributed by atoms with Crippen molar-refractivity contribution >= 4 is 62.5 Å². The number of halogens is 3. The van der Waals surface area contributed by atoms with Crippen LogP contribution in [0.15, 0.2) is 22.9 Å². The SMILES string of the molecule is COc1ncnc2c1[nH]c(=S)n2-c1ccc(Br)c(Cl)c1Cl. The highest BCUT2D eigenvalue weighted by atomic mass is 79.9. The molecule has 9 heteroatoms. The number of aromatic amines is 1. The second-order valence-corrected chi connectivity index (χ2v) is 6.04. The minimum Gasteiger partial charge on any atom is -0.479 e. The molecule has 1 aromatic carbocycles. The van der Waals surface area contributed by atoms with Crippen molar-refractivity contribution in [2.75, 3.05) is 7.11 Å². The molecule has 0 amide bonds. The number of hydrogen-bond acceptors (Lipinski definition) is 4. The second kappa shape index (κ2) is 5.57. The van der Waals surface area contributed by atoms with Crippen molar-refractivity contribution < 1.29 is 4.74 Å². The molecular weight excluding hydrogens is 399 g/mol. The molecule has 0 fully saturated rings. The minimum atomic E-state index is 0.376. The van der Waals surface area contributed by atoms with Crippen molar-refractivity contribution in [2.24, 2.45) is 0 Å². The van der Waals surface area contributed by atoms with E-state index in [-0.39, 0.29) is 0 Å². The first-order valence-corrected chi connectivity index (χ1v) is 7.64. The summed E-state index contributed by atoms with van der Waals surface area (Å²) >= 11 is 21.2. The Kier molecular flexibility index (Phi) is 3.92. The van der Waals surface area contributed by atoms with E-state index in [4.69, 9.17) is 40.2 Å². The van der Waals surface area contributed by atoms with Gasteiger partial charge in [-0.3, -0.25) is 4.57 Å². The van der Waals surface area contributed by atoms with Crippen molar-refractivity contribution in [3.63, 3.8) is 0 Å². The summed E-state index contributed by atoms with van der Waals surface area (Å²) in [5.41, 5.74) is 1.79. The average molecular weight is 406 g/mol. The van der Waals surface area contributed by atoms with Gasteiger partial charge in [-0.15, -0.1) is 0 Å². The average Bonchev–Trinajstić information content (AvgIpc) is 2.81. The molecule has 0 saturated heterocycles. The summed E-state index contributed by atoms with van der Waals surface area (Å²) in [5, 5.41) is 0.784. The van der Waals surface area contributed by atoms with E-state index < -0.39 is 0 Å². The van der Waals surface area contributed by atoms with Gasteiger partial charge in [-0.1, -0.05) is 23.2 Å². The molecule has 3 rings (SSSR count). The predicted octanol–water partition coefficient (Wildman–Crippen LogP) is 4.56. The van der Waals surface area contributed by atoms with Crippen molar-refractivity contribution in [3.8, 4) is 11.6 Å². The van der Waals surface area contributed by atoms with Crippen LogP contribution in [-0.4, -0.2) is 26.6 Å². The zero-order valence-corrected chi connectivity index (χ0v) is 14.4. The lowest BCUT2D eigenvalue weighted by atomic mass is 10.3. The van der Waals surface area contributed by atoms with Crippen LogP contribution in [0.4, 0.5) is 0 Å². The Labute approximate surface area is 143 Å². The van der Waals surface area contributed by atoms with Crippen molar-refractivity contribution in [1.29, 1.82) is 0 Å². The number of ether oxygens (including phenoxy) is 1. The summed E-state index contributed by atoms with van der Waals surface area (Å²) in [4.78, 5) is 11.3. The van der Waals surface area contributed by atoms with Crippen LogP contribution in [0.25, 0.3) is 16.9 Å². The minimum absolute atomic E-state index is 0.376. The third-order valence-electron chi connectivity index (χ3n) is 2.89. The molecule has 0 spiro atoms. The number of aromatic nitrogens is 4. The normalized spacial score (nSPS) is 11.0. The van der Waals surface area contributed by atoms with Crippen molar-refractivity contribution in [2.45, 2.75) is 0 Å². The second-order valence-electron chi connectivity index (χ2n) is 4.04. The van der Waals surface area contributed by atoms with E-state index >= 15 is 0 Å². The molecule has 0 radical (unpaired) electrons. The van der Waals surface area contributed by atoms with E-state index in [0.29, 0.717) is 42.0 Å². The molecule has 2 aromatic heterocycles.